The van der Waals surface area contributed by atoms with Gasteiger partial charge in [0.2, 0.25) is 6.36 Å². The van der Waals surface area contributed by atoms with Gasteiger partial charge in [0.05, 0.1) is 39.1 Å². The van der Waals surface area contributed by atoms with E-state index in [1.807, 2.05) is 134 Å². The maximum Gasteiger partial charge on any atom is 0.332 e. The van der Waals surface area contributed by atoms with Gasteiger partial charge < -0.3 is 47.1 Å². The Labute approximate surface area is 324 Å². The lowest BCUT2D eigenvalue weighted by molar-refractivity contribution is -0.313. The second kappa shape index (κ2) is 20.2. The molecule has 0 aromatic heterocycles. The summed E-state index contributed by atoms with van der Waals surface area (Å²) in [7, 11) is -1.70. The number of ether oxygens (including phenoxy) is 7. The van der Waals surface area contributed by atoms with Crippen molar-refractivity contribution in [2.45, 2.75) is 108 Å². The van der Waals surface area contributed by atoms with Crippen molar-refractivity contribution in [1.82, 2.24) is 0 Å². The van der Waals surface area contributed by atoms with Crippen LogP contribution in [0.2, 0.25) is 13.1 Å². The molecule has 2 saturated heterocycles. The lowest BCUT2D eigenvalue weighted by Gasteiger charge is -2.46. The van der Waals surface area contributed by atoms with Gasteiger partial charge in [-0.15, -0.1) is 0 Å². The first-order valence-electron chi connectivity index (χ1n) is 18.8. The number of aliphatic hydroxyl groups is 1. The summed E-state index contributed by atoms with van der Waals surface area (Å²) in [5, 5.41) is 11.8. The van der Waals surface area contributed by atoms with Crippen molar-refractivity contribution in [3.8, 4) is 0 Å². The number of rotatable bonds is 18. The molecule has 0 radical (unpaired) electrons. The van der Waals surface area contributed by atoms with Crippen LogP contribution in [0.5, 0.6) is 0 Å². The van der Waals surface area contributed by atoms with Crippen LogP contribution < -0.4 is 0 Å². The molecule has 2 fully saturated rings. The molecule has 0 spiro atoms. The fourth-order valence-corrected chi connectivity index (χ4v) is 8.35. The van der Waals surface area contributed by atoms with Gasteiger partial charge in [-0.25, -0.2) is 4.39 Å². The first-order chi connectivity index (χ1) is 26.7. The van der Waals surface area contributed by atoms with Gasteiger partial charge in [0, 0.05) is 7.11 Å². The molecule has 10 nitrogen and oxygen atoms in total. The second-order valence-corrected chi connectivity index (χ2v) is 17.6. The van der Waals surface area contributed by atoms with E-state index in [-0.39, 0.29) is 33.0 Å². The van der Waals surface area contributed by atoms with Crippen molar-refractivity contribution in [3.05, 3.63) is 144 Å². The molecular formula is C43H53FO10Si. The molecule has 6 unspecified atom stereocenters. The Morgan fingerprint density at radius 1 is 0.582 bits per heavy atom. The summed E-state index contributed by atoms with van der Waals surface area (Å²) in [4.78, 5) is 0. The van der Waals surface area contributed by atoms with Crippen LogP contribution in [-0.4, -0.2) is 88.9 Å². The average molecular weight is 777 g/mol. The van der Waals surface area contributed by atoms with Crippen LogP contribution in [-0.2, 0) is 68.4 Å². The third-order valence-corrected chi connectivity index (χ3v) is 11.4. The standard InChI is InChI=1S/C43H53FO10Si/c1-30-37(47-25-31-17-9-5-10-18-31)40(50-28-34-23-15-8-16-24-34)41(42(44)52-30)54-55(3,4)51-29-35-38(48-26-32-19-11-6-12-20-32)36(45)39(43(46-2)53-35)49-27-33-21-13-7-14-22-33/h5-24,30,35-43,45H,25-29H2,1-4H3/t30?,35?,36?,37-,38+,39?,40?,41?,42+,43-/m0/s1. The summed E-state index contributed by atoms with van der Waals surface area (Å²) in [5.41, 5.74) is 3.76. The molecule has 6 rings (SSSR count). The summed E-state index contributed by atoms with van der Waals surface area (Å²) in [6, 6.07) is 38.8. The normalized spacial score (nSPS) is 28.5. The van der Waals surface area contributed by atoms with E-state index < -0.39 is 70.0 Å². The molecule has 2 aliphatic rings. The largest absolute Gasteiger partial charge is 0.392 e. The number of benzene rings is 4. The van der Waals surface area contributed by atoms with Crippen molar-refractivity contribution in [1.29, 1.82) is 0 Å². The van der Waals surface area contributed by atoms with Crippen LogP contribution in [0, 0.1) is 0 Å². The predicted molar refractivity (Wildman–Crippen MR) is 206 cm³/mol. The fraction of sp³-hybridized carbons (Fsp3) is 0.442. The Bertz CT molecular complexity index is 1670. The van der Waals surface area contributed by atoms with Gasteiger partial charge in [-0.2, -0.15) is 0 Å². The average Bonchev–Trinajstić information content (AvgIpc) is 3.20. The summed E-state index contributed by atoms with van der Waals surface area (Å²) >= 11 is 0. The predicted octanol–water partition coefficient (Wildman–Crippen LogP) is 6.88. The molecule has 296 valence electrons. The zero-order chi connectivity index (χ0) is 38.6. The first kappa shape index (κ1) is 41.3. The van der Waals surface area contributed by atoms with Crippen LogP contribution in [0.25, 0.3) is 0 Å². The van der Waals surface area contributed by atoms with Crippen LogP contribution in [0.15, 0.2) is 121 Å². The topological polar surface area (TPSA) is 103 Å². The molecular weight excluding hydrogens is 724 g/mol. The van der Waals surface area contributed by atoms with E-state index in [1.165, 1.54) is 7.11 Å². The summed E-state index contributed by atoms with van der Waals surface area (Å²) in [5.74, 6) is 0. The van der Waals surface area contributed by atoms with Gasteiger partial charge in [0.1, 0.15) is 42.7 Å². The minimum Gasteiger partial charge on any atom is -0.392 e. The minimum absolute atomic E-state index is 0.0363. The molecule has 0 aliphatic carbocycles. The van der Waals surface area contributed by atoms with Crippen LogP contribution in [0.3, 0.4) is 0 Å². The van der Waals surface area contributed by atoms with Crippen molar-refractivity contribution < 1.29 is 51.5 Å². The highest BCUT2D eigenvalue weighted by atomic mass is 28.4. The van der Waals surface area contributed by atoms with Gasteiger partial charge in [0.25, 0.3) is 0 Å². The van der Waals surface area contributed by atoms with E-state index in [9.17, 15) is 5.11 Å². The minimum atomic E-state index is -3.20. The first-order valence-corrected chi connectivity index (χ1v) is 21.6. The molecule has 4 aromatic rings. The molecule has 0 bridgehead atoms. The summed E-state index contributed by atoms with van der Waals surface area (Å²) in [6.07, 6.45) is -9.61. The molecule has 2 heterocycles. The molecule has 0 amide bonds. The third kappa shape index (κ3) is 11.6. The zero-order valence-electron chi connectivity index (χ0n) is 31.9. The molecule has 1 N–H and O–H groups in total. The van der Waals surface area contributed by atoms with Crippen molar-refractivity contribution in [2.24, 2.45) is 0 Å². The quantitative estimate of drug-likeness (QED) is 0.108. The van der Waals surface area contributed by atoms with Gasteiger partial charge in [-0.1, -0.05) is 121 Å². The van der Waals surface area contributed by atoms with E-state index in [0.29, 0.717) is 0 Å². The van der Waals surface area contributed by atoms with E-state index in [2.05, 4.69) is 0 Å². The SMILES string of the molecule is CO[C@H]1OC(CO[Si](C)(C)OC2C(OCc3ccccc3)[C@@H](OCc3ccccc3)C(C)O[C@H]2F)[C@@H](OCc2ccccc2)C(O)C1OCc1ccccc1. The fourth-order valence-electron chi connectivity index (χ4n) is 6.82. The van der Waals surface area contributed by atoms with E-state index in [1.54, 1.807) is 6.92 Å². The van der Waals surface area contributed by atoms with E-state index in [0.717, 1.165) is 22.3 Å². The summed E-state index contributed by atoms with van der Waals surface area (Å²) < 4.78 is 72.3. The van der Waals surface area contributed by atoms with Gasteiger partial charge in [-0.3, -0.25) is 0 Å². The molecule has 2 aliphatic heterocycles. The van der Waals surface area contributed by atoms with Crippen LogP contribution >= 0.6 is 0 Å². The molecule has 4 aromatic carbocycles. The Hall–Kier alpha value is -3.37. The van der Waals surface area contributed by atoms with Gasteiger partial charge in [0.15, 0.2) is 6.29 Å². The van der Waals surface area contributed by atoms with Gasteiger partial charge >= 0.3 is 8.56 Å². The number of aliphatic hydroxyl groups excluding tert-OH is 1. The maximum absolute atomic E-state index is 16.0. The Kier molecular flexibility index (Phi) is 15.1. The van der Waals surface area contributed by atoms with Crippen molar-refractivity contribution >= 4 is 8.56 Å². The number of alkyl halides is 1. The van der Waals surface area contributed by atoms with Crippen molar-refractivity contribution in [3.63, 3.8) is 0 Å². The van der Waals surface area contributed by atoms with E-state index in [4.69, 9.17) is 42.0 Å². The molecule has 0 saturated carbocycles. The number of halogens is 1. The Morgan fingerprint density at radius 3 is 1.45 bits per heavy atom. The monoisotopic (exact) mass is 776 g/mol. The number of hydrogen-bond donors (Lipinski definition) is 1. The van der Waals surface area contributed by atoms with Crippen LogP contribution in [0.4, 0.5) is 4.39 Å². The smallest absolute Gasteiger partial charge is 0.332 e. The molecule has 12 heteroatoms. The highest BCUT2D eigenvalue weighted by molar-refractivity contribution is 6.64. The Morgan fingerprint density at radius 2 is 1.00 bits per heavy atom. The number of hydrogen-bond acceptors (Lipinski definition) is 10. The van der Waals surface area contributed by atoms with Gasteiger partial charge in [-0.05, 0) is 42.3 Å². The maximum atomic E-state index is 16.0. The zero-order valence-corrected chi connectivity index (χ0v) is 32.9. The molecule has 10 atom stereocenters. The Balaban J connectivity index is 1.17. The lowest BCUT2D eigenvalue weighted by atomic mass is 9.98. The van der Waals surface area contributed by atoms with Crippen molar-refractivity contribution in [2.75, 3.05) is 13.7 Å². The highest BCUT2D eigenvalue weighted by Gasteiger charge is 2.51. The van der Waals surface area contributed by atoms with E-state index >= 15 is 4.39 Å². The number of methoxy groups -OCH3 is 1. The van der Waals surface area contributed by atoms with Crippen LogP contribution in [0.1, 0.15) is 29.2 Å². The summed E-state index contributed by atoms with van der Waals surface area (Å²) in [6.45, 7) is 6.35. The second-order valence-electron chi connectivity index (χ2n) is 14.3. The third-order valence-electron chi connectivity index (χ3n) is 9.72. The molecule has 55 heavy (non-hydrogen) atoms. The highest BCUT2D eigenvalue weighted by Crippen LogP contribution is 2.33. The lowest BCUT2D eigenvalue weighted by Crippen LogP contribution is -2.62.